The van der Waals surface area contributed by atoms with Crippen molar-refractivity contribution in [1.82, 2.24) is 0 Å². The van der Waals surface area contributed by atoms with Crippen LogP contribution in [0.25, 0.3) is 0 Å². The van der Waals surface area contributed by atoms with Gasteiger partial charge in [-0.3, -0.25) is 0 Å². The number of hydrogen-bond donors (Lipinski definition) is 0. The molecule has 0 N–H and O–H groups in total. The smallest absolute Gasteiger partial charge is 0.210 e. The zero-order chi connectivity index (χ0) is 14.3. The summed E-state index contributed by atoms with van der Waals surface area (Å²) in [6, 6.07) is -0.0593. The van der Waals surface area contributed by atoms with Crippen molar-refractivity contribution < 1.29 is 9.47 Å². The van der Waals surface area contributed by atoms with Crippen LogP contribution in [0, 0.1) is 5.92 Å². The van der Waals surface area contributed by atoms with E-state index in [1.807, 2.05) is 19.9 Å². The van der Waals surface area contributed by atoms with E-state index in [9.17, 15) is 0 Å². The van der Waals surface area contributed by atoms with Crippen LogP contribution in [-0.2, 0) is 9.47 Å². The van der Waals surface area contributed by atoms with Gasteiger partial charge in [0.1, 0.15) is 12.1 Å². The Morgan fingerprint density at radius 3 is 2.32 bits per heavy atom. The van der Waals surface area contributed by atoms with Crippen LogP contribution in [0.1, 0.15) is 40.5 Å². The van der Waals surface area contributed by atoms with Gasteiger partial charge in [0, 0.05) is 0 Å². The van der Waals surface area contributed by atoms with Crippen LogP contribution >= 0.6 is 0 Å². The Kier molecular flexibility index (Phi) is 6.60. The van der Waals surface area contributed by atoms with E-state index in [0.717, 1.165) is 24.6 Å². The Morgan fingerprint density at radius 2 is 1.79 bits per heavy atom. The Morgan fingerprint density at radius 1 is 1.16 bits per heavy atom. The topological polar surface area (TPSA) is 43.2 Å². The molecule has 108 valence electrons. The van der Waals surface area contributed by atoms with Crippen molar-refractivity contribution in [3.8, 4) is 0 Å². The zero-order valence-corrected chi connectivity index (χ0v) is 12.6. The molecule has 0 unspecified atom stereocenters. The van der Waals surface area contributed by atoms with Crippen LogP contribution in [-0.4, -0.2) is 37.1 Å². The van der Waals surface area contributed by atoms with Crippen LogP contribution in [0.15, 0.2) is 22.6 Å². The molecule has 0 aromatic rings. The third-order valence-electron chi connectivity index (χ3n) is 2.95. The summed E-state index contributed by atoms with van der Waals surface area (Å²) in [5.41, 5.74) is 0. The molecule has 1 rings (SSSR count). The number of nitrogens with zero attached hydrogens (tertiary/aromatic N) is 2. The molecule has 0 aromatic carbocycles. The van der Waals surface area contributed by atoms with Gasteiger partial charge in [0.25, 0.3) is 0 Å². The minimum absolute atomic E-state index is 0.0264. The summed E-state index contributed by atoms with van der Waals surface area (Å²) in [4.78, 5) is 9.41. The fourth-order valence-electron chi connectivity index (χ4n) is 2.01. The number of rotatable bonds is 6. The molecule has 0 saturated carbocycles. The van der Waals surface area contributed by atoms with Crippen molar-refractivity contribution in [3.63, 3.8) is 0 Å². The molecule has 4 heteroatoms. The van der Waals surface area contributed by atoms with Crippen molar-refractivity contribution in [2.45, 2.75) is 52.6 Å². The first-order chi connectivity index (χ1) is 9.13. The molecule has 0 bridgehead atoms. The van der Waals surface area contributed by atoms with E-state index < -0.39 is 0 Å². The first-order valence-corrected chi connectivity index (χ1v) is 7.15. The summed E-state index contributed by atoms with van der Waals surface area (Å²) in [6.07, 6.45) is 3.66. The maximum atomic E-state index is 5.65. The lowest BCUT2D eigenvalue weighted by Gasteiger charge is -2.28. The molecule has 1 heterocycles. The van der Waals surface area contributed by atoms with Crippen LogP contribution in [0.4, 0.5) is 0 Å². The van der Waals surface area contributed by atoms with Gasteiger partial charge in [-0.05, 0) is 32.6 Å². The van der Waals surface area contributed by atoms with Gasteiger partial charge < -0.3 is 9.47 Å². The van der Waals surface area contributed by atoms with Crippen molar-refractivity contribution >= 4 is 11.8 Å². The van der Waals surface area contributed by atoms with E-state index in [2.05, 4.69) is 20.4 Å². The lowest BCUT2D eigenvalue weighted by atomic mass is 10.0. The van der Waals surface area contributed by atoms with Gasteiger partial charge in [-0.25, -0.2) is 9.98 Å². The van der Waals surface area contributed by atoms with Crippen molar-refractivity contribution in [2.24, 2.45) is 15.9 Å². The van der Waals surface area contributed by atoms with E-state index >= 15 is 0 Å². The SMILES string of the molecule is C=CCC[C@@H]1N=C(OCC)[C@@H](C(C)C)N=C1OCC. The third kappa shape index (κ3) is 4.37. The minimum Gasteiger partial charge on any atom is -0.480 e. The van der Waals surface area contributed by atoms with E-state index in [4.69, 9.17) is 19.5 Å². The van der Waals surface area contributed by atoms with Gasteiger partial charge in [0.2, 0.25) is 11.8 Å². The second-order valence-corrected chi connectivity index (χ2v) is 4.87. The molecule has 0 spiro atoms. The minimum atomic E-state index is -0.0329. The molecule has 1 aliphatic rings. The molecule has 2 atom stereocenters. The Labute approximate surface area is 116 Å². The third-order valence-corrected chi connectivity index (χ3v) is 2.95. The highest BCUT2D eigenvalue weighted by Gasteiger charge is 2.30. The highest BCUT2D eigenvalue weighted by atomic mass is 16.5. The molecule has 0 aliphatic carbocycles. The number of hydrogen-bond acceptors (Lipinski definition) is 4. The second kappa shape index (κ2) is 7.97. The Bertz CT molecular complexity index is 348. The highest BCUT2D eigenvalue weighted by Crippen LogP contribution is 2.20. The molecule has 19 heavy (non-hydrogen) atoms. The molecule has 4 nitrogen and oxygen atoms in total. The van der Waals surface area contributed by atoms with Gasteiger partial charge in [-0.1, -0.05) is 19.9 Å². The zero-order valence-electron chi connectivity index (χ0n) is 12.6. The van der Waals surface area contributed by atoms with Gasteiger partial charge >= 0.3 is 0 Å². The largest absolute Gasteiger partial charge is 0.480 e. The van der Waals surface area contributed by atoms with Crippen molar-refractivity contribution in [1.29, 1.82) is 0 Å². The quantitative estimate of drug-likeness (QED) is 0.693. The molecule has 0 aromatic heterocycles. The summed E-state index contributed by atoms with van der Waals surface area (Å²) >= 11 is 0. The molecule has 0 saturated heterocycles. The van der Waals surface area contributed by atoms with Gasteiger partial charge in [0.05, 0.1) is 13.2 Å². The van der Waals surface area contributed by atoms with E-state index in [1.54, 1.807) is 0 Å². The van der Waals surface area contributed by atoms with E-state index in [0.29, 0.717) is 19.1 Å². The fourth-order valence-corrected chi connectivity index (χ4v) is 2.01. The van der Waals surface area contributed by atoms with Crippen molar-refractivity contribution in [3.05, 3.63) is 12.7 Å². The average molecular weight is 266 g/mol. The lowest BCUT2D eigenvalue weighted by molar-refractivity contribution is 0.274. The maximum Gasteiger partial charge on any atom is 0.210 e. The predicted octanol–water partition coefficient (Wildman–Crippen LogP) is 3.23. The van der Waals surface area contributed by atoms with Gasteiger partial charge in [-0.2, -0.15) is 0 Å². The van der Waals surface area contributed by atoms with E-state index in [-0.39, 0.29) is 12.1 Å². The maximum absolute atomic E-state index is 5.65. The molecule has 0 amide bonds. The normalized spacial score (nSPS) is 22.8. The van der Waals surface area contributed by atoms with E-state index in [1.165, 1.54) is 0 Å². The highest BCUT2D eigenvalue weighted by molar-refractivity contribution is 5.94. The standard InChI is InChI=1S/C15H26N2O2/c1-6-9-10-12-14(18-7-2)17-13(11(4)5)15(16-12)19-8-3/h6,11-13H,1,7-10H2,2-5H3/t12-,13+/m0/s1. The average Bonchev–Trinajstić information content (AvgIpc) is 2.38. The predicted molar refractivity (Wildman–Crippen MR) is 80.0 cm³/mol. The monoisotopic (exact) mass is 266 g/mol. The number of allylic oxidation sites excluding steroid dienone is 1. The van der Waals surface area contributed by atoms with Crippen LogP contribution in [0.2, 0.25) is 0 Å². The molecular weight excluding hydrogens is 240 g/mol. The van der Waals surface area contributed by atoms with Crippen LogP contribution in [0.5, 0.6) is 0 Å². The summed E-state index contributed by atoms with van der Waals surface area (Å²) in [7, 11) is 0. The molecule has 1 aliphatic heterocycles. The fraction of sp³-hybridized carbons (Fsp3) is 0.733. The van der Waals surface area contributed by atoms with Gasteiger partial charge in [-0.15, -0.1) is 6.58 Å². The Balaban J connectivity index is 2.93. The van der Waals surface area contributed by atoms with Crippen LogP contribution < -0.4 is 0 Å². The summed E-state index contributed by atoms with van der Waals surface area (Å²) in [6.45, 7) is 13.2. The van der Waals surface area contributed by atoms with Crippen molar-refractivity contribution in [2.75, 3.05) is 13.2 Å². The Hall–Kier alpha value is -1.32. The second-order valence-electron chi connectivity index (χ2n) is 4.87. The number of aliphatic imine (C=N–C) groups is 2. The molecule has 0 radical (unpaired) electrons. The summed E-state index contributed by atoms with van der Waals surface area (Å²) in [5.74, 6) is 1.84. The first-order valence-electron chi connectivity index (χ1n) is 7.15. The van der Waals surface area contributed by atoms with Gasteiger partial charge in [0.15, 0.2) is 0 Å². The molecule has 0 fully saturated rings. The lowest BCUT2D eigenvalue weighted by Crippen LogP contribution is -2.38. The first kappa shape index (κ1) is 15.7. The van der Waals surface area contributed by atoms with Crippen LogP contribution in [0.3, 0.4) is 0 Å². The molecular formula is C15H26N2O2. The summed E-state index contributed by atoms with van der Waals surface area (Å²) < 4.78 is 11.3. The number of ether oxygens (including phenoxy) is 2. The summed E-state index contributed by atoms with van der Waals surface area (Å²) in [5, 5.41) is 0.